The molecule has 0 atom stereocenters. The van der Waals surface area contributed by atoms with Crippen LogP contribution in [0.1, 0.15) is 84.5 Å². The minimum absolute atomic E-state index is 0.447. The molecule has 0 aliphatic carbocycles. The van der Waals surface area contributed by atoms with Gasteiger partial charge in [-0.25, -0.2) is 4.79 Å². The monoisotopic (exact) mass is 369 g/mol. The molecule has 1 aliphatic heterocycles. The molecule has 1 aliphatic rings. The number of carboxylic acid groups (broad SMARTS) is 2. The topological polar surface area (TPSA) is 77.4 Å². The molecular formula is C21H39NO4. The Kier molecular flexibility index (Phi) is 15.0. The van der Waals surface area contributed by atoms with Gasteiger partial charge in [0.05, 0.1) is 32.1 Å². The Labute approximate surface area is 159 Å². The molecule has 1 fully saturated rings. The Balaban J connectivity index is 0.000000660. The van der Waals surface area contributed by atoms with Crippen LogP contribution in [0, 0.1) is 0 Å². The maximum absolute atomic E-state index is 9.53. The number of rotatable bonds is 12. The molecule has 0 aromatic heterocycles. The minimum Gasteiger partial charge on any atom is -0.545 e. The molecule has 0 spiro atoms. The Bertz CT molecular complexity index is 371. The van der Waals surface area contributed by atoms with E-state index < -0.39 is 11.9 Å². The van der Waals surface area contributed by atoms with E-state index in [1.165, 1.54) is 101 Å². The number of carboxylic acids is 2. The van der Waals surface area contributed by atoms with Gasteiger partial charge in [-0.05, 0) is 51.0 Å². The van der Waals surface area contributed by atoms with Gasteiger partial charge >= 0.3 is 5.97 Å². The summed E-state index contributed by atoms with van der Waals surface area (Å²) in [5.74, 6) is -2.80. The van der Waals surface area contributed by atoms with E-state index in [0.29, 0.717) is 12.2 Å². The quantitative estimate of drug-likeness (QED) is 0.324. The molecule has 0 bridgehead atoms. The average Bonchev–Trinajstić information content (AvgIpc) is 2.62. The summed E-state index contributed by atoms with van der Waals surface area (Å²) in [7, 11) is 0. The first-order valence-corrected chi connectivity index (χ1v) is 10.4. The van der Waals surface area contributed by atoms with E-state index in [0.717, 1.165) is 0 Å². The number of hydrogen-bond donors (Lipinski definition) is 1. The first-order valence-electron chi connectivity index (χ1n) is 10.4. The predicted octanol–water partition coefficient (Wildman–Crippen LogP) is 3.52. The summed E-state index contributed by atoms with van der Waals surface area (Å²) < 4.78 is 1.48. The van der Waals surface area contributed by atoms with Crippen LogP contribution in [0.25, 0.3) is 0 Å². The highest BCUT2D eigenvalue weighted by Crippen LogP contribution is 2.22. The van der Waals surface area contributed by atoms with Crippen molar-refractivity contribution < 1.29 is 24.3 Å². The van der Waals surface area contributed by atoms with E-state index in [4.69, 9.17) is 5.11 Å². The van der Waals surface area contributed by atoms with Gasteiger partial charge in [0, 0.05) is 6.08 Å². The van der Waals surface area contributed by atoms with Crippen LogP contribution < -0.4 is 5.11 Å². The van der Waals surface area contributed by atoms with E-state index >= 15 is 0 Å². The number of carbonyl (C=O) groups is 2. The molecule has 5 nitrogen and oxygen atoms in total. The second-order valence-electron chi connectivity index (χ2n) is 7.41. The van der Waals surface area contributed by atoms with E-state index in [9.17, 15) is 14.7 Å². The van der Waals surface area contributed by atoms with Crippen molar-refractivity contribution in [2.75, 3.05) is 26.2 Å². The smallest absolute Gasteiger partial charge is 0.328 e. The van der Waals surface area contributed by atoms with E-state index in [-0.39, 0.29) is 0 Å². The molecular weight excluding hydrogens is 330 g/mol. The summed E-state index contributed by atoms with van der Waals surface area (Å²) in [6.45, 7) is 10.6. The second kappa shape index (κ2) is 15.9. The van der Waals surface area contributed by atoms with E-state index in [1.807, 2.05) is 0 Å². The fourth-order valence-corrected chi connectivity index (χ4v) is 3.63. The number of hydrogen-bond acceptors (Lipinski definition) is 3. The van der Waals surface area contributed by atoms with Crippen molar-refractivity contribution in [1.82, 2.24) is 0 Å². The maximum atomic E-state index is 9.53. The van der Waals surface area contributed by atoms with Crippen molar-refractivity contribution in [2.24, 2.45) is 0 Å². The minimum atomic E-state index is -1.51. The molecule has 1 heterocycles. The van der Waals surface area contributed by atoms with E-state index in [1.54, 1.807) is 0 Å². The second-order valence-corrected chi connectivity index (χ2v) is 7.41. The van der Waals surface area contributed by atoms with Gasteiger partial charge in [0.2, 0.25) is 0 Å². The molecule has 0 amide bonds. The molecule has 0 unspecified atom stereocenters. The molecule has 26 heavy (non-hydrogen) atoms. The molecule has 1 saturated heterocycles. The number of quaternary nitrogens is 1. The van der Waals surface area contributed by atoms with Crippen molar-refractivity contribution in [3.8, 4) is 0 Å². The third-order valence-corrected chi connectivity index (χ3v) is 5.10. The van der Waals surface area contributed by atoms with Crippen molar-refractivity contribution in [1.29, 1.82) is 0 Å². The number of nitrogens with zero attached hydrogens (tertiary/aromatic N) is 1. The Morgan fingerprint density at radius 3 is 1.69 bits per heavy atom. The van der Waals surface area contributed by atoms with Gasteiger partial charge in [-0.1, -0.05) is 39.5 Å². The highest BCUT2D eigenvalue weighted by atomic mass is 16.4. The lowest BCUT2D eigenvalue weighted by Gasteiger charge is -2.42. The van der Waals surface area contributed by atoms with Crippen molar-refractivity contribution in [2.45, 2.75) is 84.5 Å². The summed E-state index contributed by atoms with van der Waals surface area (Å²) >= 11 is 0. The third kappa shape index (κ3) is 13.9. The summed E-state index contributed by atoms with van der Waals surface area (Å²) in [5.41, 5.74) is 0. The van der Waals surface area contributed by atoms with Gasteiger partial charge in [0.15, 0.2) is 0 Å². The summed E-state index contributed by atoms with van der Waals surface area (Å²) in [5, 5.41) is 17.2. The molecule has 152 valence electrons. The number of aliphatic carboxylic acids is 2. The van der Waals surface area contributed by atoms with Crippen molar-refractivity contribution in [3.63, 3.8) is 0 Å². The van der Waals surface area contributed by atoms with Gasteiger partial charge in [0.1, 0.15) is 0 Å². The summed E-state index contributed by atoms with van der Waals surface area (Å²) in [6, 6.07) is 0. The largest absolute Gasteiger partial charge is 0.545 e. The number of piperidine rings is 1. The highest BCUT2D eigenvalue weighted by Gasteiger charge is 2.28. The normalized spacial score (nSPS) is 16.1. The molecule has 0 aromatic carbocycles. The van der Waals surface area contributed by atoms with Crippen LogP contribution >= 0.6 is 0 Å². The lowest BCUT2D eigenvalue weighted by atomic mass is 10.0. The Morgan fingerprint density at radius 2 is 1.35 bits per heavy atom. The summed E-state index contributed by atoms with van der Waals surface area (Å²) in [6.07, 6.45) is 16.9. The Morgan fingerprint density at radius 1 is 0.846 bits per heavy atom. The van der Waals surface area contributed by atoms with Crippen molar-refractivity contribution in [3.05, 3.63) is 12.2 Å². The average molecular weight is 370 g/mol. The molecule has 1 N–H and O–H groups in total. The molecule has 1 rings (SSSR count). The Hall–Kier alpha value is -1.36. The predicted molar refractivity (Wildman–Crippen MR) is 104 cm³/mol. The van der Waals surface area contributed by atoms with Crippen LogP contribution in [0.4, 0.5) is 0 Å². The first-order chi connectivity index (χ1) is 12.5. The standard InChI is InChI=1S/C17H36N.C4H4O4/c1-3-5-7-10-14-18(15-11-8-6-4-2)16-12-9-13-17-18;5-3(6)1-2-4(7)8/h3-17H2,1-2H3;1-2H,(H,5,6)(H,7,8)/q+1;/p-1. The van der Waals surface area contributed by atoms with Crippen LogP contribution in [0.3, 0.4) is 0 Å². The number of likely N-dealkylation sites (tertiary alicyclic amines) is 1. The zero-order chi connectivity index (χ0) is 19.7. The van der Waals surface area contributed by atoms with Gasteiger partial charge in [-0.15, -0.1) is 0 Å². The van der Waals surface area contributed by atoms with E-state index in [2.05, 4.69) is 13.8 Å². The van der Waals surface area contributed by atoms with Crippen LogP contribution in [0.5, 0.6) is 0 Å². The van der Waals surface area contributed by atoms with Gasteiger partial charge < -0.3 is 19.5 Å². The zero-order valence-electron chi connectivity index (χ0n) is 16.9. The van der Waals surface area contributed by atoms with Crippen LogP contribution in [-0.4, -0.2) is 47.7 Å². The molecule has 0 saturated carbocycles. The van der Waals surface area contributed by atoms with Crippen LogP contribution in [0.15, 0.2) is 12.2 Å². The van der Waals surface area contributed by atoms with Crippen LogP contribution in [0.2, 0.25) is 0 Å². The molecule has 0 aromatic rings. The number of unbranched alkanes of at least 4 members (excludes halogenated alkanes) is 6. The summed E-state index contributed by atoms with van der Waals surface area (Å²) in [4.78, 5) is 19.0. The zero-order valence-corrected chi connectivity index (χ0v) is 16.9. The maximum Gasteiger partial charge on any atom is 0.328 e. The lowest BCUT2D eigenvalue weighted by Crippen LogP contribution is -2.52. The van der Waals surface area contributed by atoms with Gasteiger partial charge in [-0.3, -0.25) is 0 Å². The first kappa shape index (κ1) is 24.6. The number of carbonyl (C=O) groups excluding carboxylic acids is 1. The SMILES string of the molecule is CCCCCC[N+]1(CCCCCC)CCCCC1.O=C([O-])C=CC(=O)O. The molecule has 0 radical (unpaired) electrons. The highest BCUT2D eigenvalue weighted by molar-refractivity contribution is 5.88. The fourth-order valence-electron chi connectivity index (χ4n) is 3.63. The molecule has 5 heteroatoms. The van der Waals surface area contributed by atoms with Crippen molar-refractivity contribution >= 4 is 11.9 Å². The van der Waals surface area contributed by atoms with Crippen LogP contribution in [-0.2, 0) is 9.59 Å². The van der Waals surface area contributed by atoms with Gasteiger partial charge in [0.25, 0.3) is 0 Å². The van der Waals surface area contributed by atoms with Gasteiger partial charge in [-0.2, -0.15) is 0 Å². The lowest BCUT2D eigenvalue weighted by molar-refractivity contribution is -0.932. The fraction of sp³-hybridized carbons (Fsp3) is 0.810. The third-order valence-electron chi connectivity index (χ3n) is 5.10.